The summed E-state index contributed by atoms with van der Waals surface area (Å²) >= 11 is 0.687. The molecule has 0 atom stereocenters. The highest BCUT2D eigenvalue weighted by Gasteiger charge is 2.36. The number of aromatic nitrogens is 1. The van der Waals surface area contributed by atoms with Crippen molar-refractivity contribution >= 4 is 33.3 Å². The normalized spacial score (nSPS) is 11.3. The molecule has 0 aliphatic heterocycles. The summed E-state index contributed by atoms with van der Waals surface area (Å²) in [6.07, 6.45) is -5.90. The number of amides is 1. The Bertz CT molecular complexity index is 1050. The summed E-state index contributed by atoms with van der Waals surface area (Å²) in [4.78, 5) is 15.0. The smallest absolute Gasteiger partial charge is 0.397 e. The fourth-order valence-electron chi connectivity index (χ4n) is 2.35. The minimum Gasteiger partial charge on any atom is -0.397 e. The molecule has 4 N–H and O–H groups in total. The fourth-order valence-corrected chi connectivity index (χ4v) is 3.33. The van der Waals surface area contributed by atoms with E-state index >= 15 is 0 Å². The largest absolute Gasteiger partial charge is 0.417 e. The summed E-state index contributed by atoms with van der Waals surface area (Å²) < 4.78 is 45.3. The van der Waals surface area contributed by atoms with E-state index in [0.29, 0.717) is 22.5 Å². The number of nitriles is 1. The van der Waals surface area contributed by atoms with Gasteiger partial charge in [0.25, 0.3) is 0 Å². The SMILES string of the molecule is N#Cc1ccc(-c2cc(C(F)(F)F)c3c(N)c(OC(N)=O)sc3n2)cc1. The number of carbonyl (C=O) groups excluding carboxylic acids is 1. The van der Waals surface area contributed by atoms with Crippen molar-refractivity contribution in [2.75, 3.05) is 5.73 Å². The molecule has 26 heavy (non-hydrogen) atoms. The van der Waals surface area contributed by atoms with Crippen molar-refractivity contribution in [2.24, 2.45) is 5.73 Å². The molecule has 0 radical (unpaired) electrons. The van der Waals surface area contributed by atoms with Gasteiger partial charge in [-0.2, -0.15) is 18.4 Å². The van der Waals surface area contributed by atoms with Crippen LogP contribution in [0.1, 0.15) is 11.1 Å². The lowest BCUT2D eigenvalue weighted by atomic mass is 10.0. The first-order valence-electron chi connectivity index (χ1n) is 6.98. The number of fused-ring (bicyclic) bond motifs is 1. The van der Waals surface area contributed by atoms with E-state index < -0.39 is 17.8 Å². The molecular formula is C16H9F3N4O2S. The number of hydrogen-bond donors (Lipinski definition) is 2. The average molecular weight is 378 g/mol. The van der Waals surface area contributed by atoms with Crippen LogP contribution in [0, 0.1) is 11.3 Å². The number of hydrogen-bond acceptors (Lipinski definition) is 6. The summed E-state index contributed by atoms with van der Waals surface area (Å²) in [5, 5.41) is 8.22. The Morgan fingerprint density at radius 2 is 1.92 bits per heavy atom. The van der Waals surface area contributed by atoms with Crippen LogP contribution in [-0.2, 0) is 6.18 Å². The summed E-state index contributed by atoms with van der Waals surface area (Å²) in [5.41, 5.74) is 10.1. The van der Waals surface area contributed by atoms with Gasteiger partial charge in [-0.1, -0.05) is 23.5 Å². The average Bonchev–Trinajstić information content (AvgIpc) is 2.88. The van der Waals surface area contributed by atoms with Crippen molar-refractivity contribution in [3.05, 3.63) is 41.5 Å². The van der Waals surface area contributed by atoms with Crippen LogP contribution < -0.4 is 16.2 Å². The van der Waals surface area contributed by atoms with Gasteiger partial charge in [0.05, 0.1) is 34.0 Å². The monoisotopic (exact) mass is 378 g/mol. The molecule has 0 saturated carbocycles. The summed E-state index contributed by atoms with van der Waals surface area (Å²) in [6.45, 7) is 0. The summed E-state index contributed by atoms with van der Waals surface area (Å²) in [7, 11) is 0. The molecule has 132 valence electrons. The van der Waals surface area contributed by atoms with Gasteiger partial charge in [0.15, 0.2) is 0 Å². The topological polar surface area (TPSA) is 115 Å². The van der Waals surface area contributed by atoms with E-state index in [2.05, 4.69) is 9.72 Å². The molecule has 1 amide bonds. The first kappa shape index (κ1) is 17.5. The minimum absolute atomic E-state index is 0.0428. The Morgan fingerprint density at radius 1 is 1.27 bits per heavy atom. The molecule has 0 bridgehead atoms. The van der Waals surface area contributed by atoms with Crippen LogP contribution in [0.3, 0.4) is 0 Å². The molecule has 0 unspecified atom stereocenters. The van der Waals surface area contributed by atoms with Crippen LogP contribution in [0.25, 0.3) is 21.5 Å². The van der Waals surface area contributed by atoms with Gasteiger partial charge in [-0.05, 0) is 18.2 Å². The predicted octanol–water partition coefficient (Wildman–Crippen LogP) is 3.89. The van der Waals surface area contributed by atoms with Gasteiger partial charge in [-0.15, -0.1) is 0 Å². The number of primary amides is 1. The third-order valence-electron chi connectivity index (χ3n) is 3.47. The number of alkyl halides is 3. The van der Waals surface area contributed by atoms with Gasteiger partial charge < -0.3 is 16.2 Å². The van der Waals surface area contributed by atoms with Gasteiger partial charge in [0, 0.05) is 5.56 Å². The predicted molar refractivity (Wildman–Crippen MR) is 89.4 cm³/mol. The quantitative estimate of drug-likeness (QED) is 0.702. The van der Waals surface area contributed by atoms with E-state index in [-0.39, 0.29) is 26.7 Å². The van der Waals surface area contributed by atoms with Crippen LogP contribution in [0.4, 0.5) is 23.7 Å². The second-order valence-corrected chi connectivity index (χ2v) is 6.11. The van der Waals surface area contributed by atoms with Crippen LogP contribution in [0.15, 0.2) is 30.3 Å². The summed E-state index contributed by atoms with van der Waals surface area (Å²) in [5.74, 6) is 0. The number of pyridine rings is 1. The molecular weight excluding hydrogens is 369 g/mol. The molecule has 0 spiro atoms. The Hall–Kier alpha value is -3.32. The van der Waals surface area contributed by atoms with Gasteiger partial charge in [-0.25, -0.2) is 9.78 Å². The zero-order chi connectivity index (χ0) is 19.1. The number of thiophene rings is 1. The second-order valence-electron chi connectivity index (χ2n) is 5.15. The van der Waals surface area contributed by atoms with Crippen LogP contribution in [0.5, 0.6) is 5.06 Å². The van der Waals surface area contributed by atoms with Crippen molar-refractivity contribution in [1.82, 2.24) is 4.98 Å². The van der Waals surface area contributed by atoms with Gasteiger partial charge >= 0.3 is 12.3 Å². The van der Waals surface area contributed by atoms with Crippen molar-refractivity contribution < 1.29 is 22.7 Å². The molecule has 10 heteroatoms. The number of nitrogens with two attached hydrogens (primary N) is 2. The van der Waals surface area contributed by atoms with E-state index in [4.69, 9.17) is 16.7 Å². The molecule has 3 rings (SSSR count). The summed E-state index contributed by atoms with van der Waals surface area (Å²) in [6, 6.07) is 8.71. The number of ether oxygens (including phenoxy) is 1. The zero-order valence-electron chi connectivity index (χ0n) is 12.8. The molecule has 0 saturated heterocycles. The van der Waals surface area contributed by atoms with E-state index in [1.54, 1.807) is 0 Å². The molecule has 2 aromatic heterocycles. The standard InChI is InChI=1S/C16H9F3N4O2S/c17-16(18,19)9-5-10(8-3-1-7(6-20)2-4-8)23-13-11(9)12(21)14(26-13)25-15(22)24/h1-5H,21H2,(H2,22,24). The second kappa shape index (κ2) is 6.20. The molecule has 2 heterocycles. The lowest BCUT2D eigenvalue weighted by molar-refractivity contribution is -0.136. The van der Waals surface area contributed by atoms with Crippen LogP contribution in [-0.4, -0.2) is 11.1 Å². The molecule has 0 fully saturated rings. The first-order chi connectivity index (χ1) is 12.2. The Balaban J connectivity index is 2.26. The highest BCUT2D eigenvalue weighted by atomic mass is 32.1. The van der Waals surface area contributed by atoms with Crippen molar-refractivity contribution in [1.29, 1.82) is 5.26 Å². The zero-order valence-corrected chi connectivity index (χ0v) is 13.6. The number of halogens is 3. The number of rotatable bonds is 2. The number of nitrogens with zero attached hydrogens (tertiary/aromatic N) is 2. The lowest BCUT2D eigenvalue weighted by Gasteiger charge is -2.11. The van der Waals surface area contributed by atoms with E-state index in [1.165, 1.54) is 24.3 Å². The maximum atomic E-state index is 13.5. The van der Waals surface area contributed by atoms with E-state index in [1.807, 2.05) is 6.07 Å². The van der Waals surface area contributed by atoms with Gasteiger partial charge in [0.1, 0.15) is 4.83 Å². The maximum Gasteiger partial charge on any atom is 0.417 e. The highest BCUT2D eigenvalue weighted by Crippen LogP contribution is 2.46. The van der Waals surface area contributed by atoms with Crippen LogP contribution >= 0.6 is 11.3 Å². The van der Waals surface area contributed by atoms with Gasteiger partial charge in [-0.3, -0.25) is 0 Å². The van der Waals surface area contributed by atoms with Gasteiger partial charge in [0.2, 0.25) is 5.06 Å². The third kappa shape index (κ3) is 3.12. The molecule has 0 aliphatic carbocycles. The van der Waals surface area contributed by atoms with E-state index in [0.717, 1.165) is 6.07 Å². The first-order valence-corrected chi connectivity index (χ1v) is 7.80. The highest BCUT2D eigenvalue weighted by molar-refractivity contribution is 7.21. The lowest BCUT2D eigenvalue weighted by Crippen LogP contribution is -2.16. The van der Waals surface area contributed by atoms with Crippen molar-refractivity contribution in [3.63, 3.8) is 0 Å². The Labute approximate surface area is 148 Å². The van der Waals surface area contributed by atoms with Crippen molar-refractivity contribution in [2.45, 2.75) is 6.18 Å². The molecule has 6 nitrogen and oxygen atoms in total. The molecule has 1 aromatic carbocycles. The van der Waals surface area contributed by atoms with Crippen LogP contribution in [0.2, 0.25) is 0 Å². The van der Waals surface area contributed by atoms with E-state index in [9.17, 15) is 18.0 Å². The third-order valence-corrected chi connectivity index (χ3v) is 4.45. The Kier molecular flexibility index (Phi) is 4.17. The number of nitrogen functional groups attached to an aromatic ring is 1. The molecule has 0 aliphatic rings. The number of anilines is 1. The number of benzene rings is 1. The van der Waals surface area contributed by atoms with Crippen molar-refractivity contribution in [3.8, 4) is 22.4 Å². The number of carbonyl (C=O) groups is 1. The Morgan fingerprint density at radius 3 is 2.46 bits per heavy atom. The molecule has 3 aromatic rings. The maximum absolute atomic E-state index is 13.5. The minimum atomic E-state index is -4.71. The fraction of sp³-hybridized carbons (Fsp3) is 0.0625.